The molecule has 236 valence electrons. The first-order valence-corrected chi connectivity index (χ1v) is 14.4. The largest absolute Gasteiger partial charge is 0.455 e. The van der Waals surface area contributed by atoms with Crippen LogP contribution in [0.15, 0.2) is 73.1 Å². The highest BCUT2D eigenvalue weighted by atomic mass is 35.5. The van der Waals surface area contributed by atoms with Gasteiger partial charge in [-0.05, 0) is 91.4 Å². The molecule has 0 aliphatic heterocycles. The maximum atomic E-state index is 13.6. The van der Waals surface area contributed by atoms with Crippen LogP contribution in [0.4, 0.5) is 17.1 Å². The van der Waals surface area contributed by atoms with Crippen molar-refractivity contribution < 1.29 is 23.9 Å². The smallest absolute Gasteiger partial charge is 0.355 e. The van der Waals surface area contributed by atoms with Gasteiger partial charge in [0.05, 0.1) is 11.4 Å². The van der Waals surface area contributed by atoms with E-state index in [-0.39, 0.29) is 17.8 Å². The lowest BCUT2D eigenvalue weighted by Gasteiger charge is -2.19. The molecular weight excluding hydrogens is 614 g/mol. The maximum absolute atomic E-state index is 13.6. The molecule has 0 bridgehead atoms. The first-order valence-electron chi connectivity index (χ1n) is 14.0. The molecule has 15 heteroatoms. The van der Waals surface area contributed by atoms with Crippen LogP contribution in [0.3, 0.4) is 0 Å². The molecule has 2 aromatic heterocycles. The molecule has 0 unspecified atom stereocenters. The topological polar surface area (TPSA) is 199 Å². The van der Waals surface area contributed by atoms with E-state index >= 15 is 0 Å². The lowest BCUT2D eigenvalue weighted by atomic mass is 10.0. The molecule has 6 N–H and O–H groups in total. The number of tetrazole rings is 1. The maximum Gasteiger partial charge on any atom is 0.355 e. The first-order chi connectivity index (χ1) is 21.8. The summed E-state index contributed by atoms with van der Waals surface area (Å²) in [5, 5.41) is 19.8. The first kappa shape index (κ1) is 31.7. The fraction of sp³-hybridized carbons (Fsp3) is 0.194. The van der Waals surface area contributed by atoms with Crippen molar-refractivity contribution in [2.75, 3.05) is 16.4 Å². The number of anilines is 3. The number of H-pyrrole nitrogens is 1. The Hall–Kier alpha value is -5.76. The number of hydrogen-bond acceptors (Lipinski definition) is 9. The number of nitrogens with one attached hydrogen (secondary N) is 4. The van der Waals surface area contributed by atoms with Crippen molar-refractivity contribution in [2.24, 2.45) is 0 Å². The molecule has 5 rings (SSSR count). The highest BCUT2D eigenvalue weighted by Crippen LogP contribution is 2.25. The number of benzene rings is 3. The standard InChI is InChI=1S/C31H30ClN9O5/c1-31(2,3)46-30(45)25-14-18-13-21(9-10-22(18)36-25)35-27(42)24(12-17-4-7-20(33)8-5-17)38-29(44)28(43)37-23-15-19(32)6-11-26(23)41-16-34-39-40-41/h4-11,13-16,24,36H,12,33H2,1-3H3,(H,35,42)(H,37,43)(H,38,44)/t24-/m0/s1. The molecule has 1 atom stereocenters. The number of halogens is 1. The second-order valence-corrected chi connectivity index (χ2v) is 11.8. The van der Waals surface area contributed by atoms with Crippen LogP contribution in [0.2, 0.25) is 5.02 Å². The average molecular weight is 644 g/mol. The number of amides is 3. The third-order valence-corrected chi connectivity index (χ3v) is 6.79. The van der Waals surface area contributed by atoms with Gasteiger partial charge in [0.1, 0.15) is 23.7 Å². The number of hydrogen-bond donors (Lipinski definition) is 5. The van der Waals surface area contributed by atoms with Gasteiger partial charge in [0.15, 0.2) is 0 Å². The fourth-order valence-electron chi connectivity index (χ4n) is 4.46. The Kier molecular flexibility index (Phi) is 9.00. The molecule has 14 nitrogen and oxygen atoms in total. The summed E-state index contributed by atoms with van der Waals surface area (Å²) in [5.74, 6) is -3.21. The minimum absolute atomic E-state index is 0.0490. The van der Waals surface area contributed by atoms with E-state index in [9.17, 15) is 19.2 Å². The zero-order valence-electron chi connectivity index (χ0n) is 25.0. The molecule has 0 aliphatic rings. The van der Waals surface area contributed by atoms with Crippen molar-refractivity contribution in [1.29, 1.82) is 0 Å². The third kappa shape index (κ3) is 7.84. The summed E-state index contributed by atoms with van der Waals surface area (Å²) >= 11 is 6.12. The summed E-state index contributed by atoms with van der Waals surface area (Å²) < 4.78 is 6.72. The second-order valence-electron chi connectivity index (χ2n) is 11.3. The van der Waals surface area contributed by atoms with Crippen LogP contribution in [0.25, 0.3) is 16.6 Å². The summed E-state index contributed by atoms with van der Waals surface area (Å²) in [6.07, 6.45) is 1.36. The number of carbonyl (C=O) groups is 4. The summed E-state index contributed by atoms with van der Waals surface area (Å²) in [7, 11) is 0. The quantitative estimate of drug-likeness (QED) is 0.0951. The Balaban J connectivity index is 1.34. The SMILES string of the molecule is CC(C)(C)OC(=O)c1cc2cc(NC(=O)[C@H](Cc3ccc(N)cc3)NC(=O)C(=O)Nc3cc(Cl)ccc3-n3cnnn3)ccc2[nH]1. The number of nitrogens with two attached hydrogens (primary N) is 1. The van der Waals surface area contributed by atoms with Gasteiger partial charge in [0, 0.05) is 33.7 Å². The van der Waals surface area contributed by atoms with Gasteiger partial charge in [-0.15, -0.1) is 5.10 Å². The summed E-state index contributed by atoms with van der Waals surface area (Å²) in [4.78, 5) is 55.3. The van der Waals surface area contributed by atoms with Crippen LogP contribution < -0.4 is 21.7 Å². The Morgan fingerprint density at radius 1 is 0.978 bits per heavy atom. The van der Waals surface area contributed by atoms with Crippen LogP contribution in [0.1, 0.15) is 36.8 Å². The third-order valence-electron chi connectivity index (χ3n) is 6.56. The second kappa shape index (κ2) is 13.1. The zero-order chi connectivity index (χ0) is 33.0. The average Bonchev–Trinajstić information content (AvgIpc) is 3.67. The van der Waals surface area contributed by atoms with E-state index in [4.69, 9.17) is 22.1 Å². The predicted molar refractivity (Wildman–Crippen MR) is 171 cm³/mol. The van der Waals surface area contributed by atoms with Crippen LogP contribution in [-0.2, 0) is 25.5 Å². The molecule has 0 saturated heterocycles. The monoisotopic (exact) mass is 643 g/mol. The summed E-state index contributed by atoms with van der Waals surface area (Å²) in [6.45, 7) is 5.32. The number of fused-ring (bicyclic) bond motifs is 1. The van der Waals surface area contributed by atoms with Crippen molar-refractivity contribution >= 4 is 63.3 Å². The van der Waals surface area contributed by atoms with Crippen molar-refractivity contribution in [2.45, 2.75) is 38.8 Å². The van der Waals surface area contributed by atoms with Crippen molar-refractivity contribution in [3.8, 4) is 5.69 Å². The van der Waals surface area contributed by atoms with E-state index in [1.165, 1.54) is 17.1 Å². The van der Waals surface area contributed by atoms with Gasteiger partial charge in [-0.25, -0.2) is 4.79 Å². The molecule has 0 saturated carbocycles. The normalized spacial score (nSPS) is 11.9. The van der Waals surface area contributed by atoms with E-state index in [1.807, 2.05) is 0 Å². The molecule has 0 aliphatic carbocycles. The molecule has 2 heterocycles. The summed E-state index contributed by atoms with van der Waals surface area (Å²) in [6, 6.07) is 16.8. The van der Waals surface area contributed by atoms with E-state index < -0.39 is 35.3 Å². The van der Waals surface area contributed by atoms with Gasteiger partial charge in [-0.3, -0.25) is 14.4 Å². The molecule has 3 aromatic carbocycles. The number of aromatic nitrogens is 5. The zero-order valence-corrected chi connectivity index (χ0v) is 25.8. The van der Waals surface area contributed by atoms with Gasteiger partial charge >= 0.3 is 17.8 Å². The molecule has 3 amide bonds. The molecule has 0 spiro atoms. The lowest BCUT2D eigenvalue weighted by molar-refractivity contribution is -0.137. The number of ether oxygens (including phenoxy) is 1. The van der Waals surface area contributed by atoms with Crippen LogP contribution in [0.5, 0.6) is 0 Å². The van der Waals surface area contributed by atoms with Crippen LogP contribution in [-0.4, -0.2) is 60.5 Å². The Bertz CT molecular complexity index is 1920. The highest BCUT2D eigenvalue weighted by Gasteiger charge is 2.26. The fourth-order valence-corrected chi connectivity index (χ4v) is 4.64. The van der Waals surface area contributed by atoms with Crippen molar-refractivity contribution in [3.05, 3.63) is 89.3 Å². The van der Waals surface area contributed by atoms with Crippen LogP contribution in [0, 0.1) is 0 Å². The number of nitrogens with zero attached hydrogens (tertiary/aromatic N) is 4. The van der Waals surface area contributed by atoms with E-state index in [0.29, 0.717) is 38.6 Å². The highest BCUT2D eigenvalue weighted by molar-refractivity contribution is 6.40. The number of carbonyl (C=O) groups excluding carboxylic acids is 4. The minimum Gasteiger partial charge on any atom is -0.455 e. The van der Waals surface area contributed by atoms with Crippen LogP contribution >= 0.6 is 11.6 Å². The molecule has 0 fully saturated rings. The van der Waals surface area contributed by atoms with Gasteiger partial charge in [0.25, 0.3) is 0 Å². The van der Waals surface area contributed by atoms with E-state index in [0.717, 1.165) is 0 Å². The minimum atomic E-state index is -1.17. The van der Waals surface area contributed by atoms with Gasteiger partial charge in [-0.1, -0.05) is 23.7 Å². The predicted octanol–water partition coefficient (Wildman–Crippen LogP) is 3.64. The molecule has 46 heavy (non-hydrogen) atoms. The number of rotatable bonds is 8. The lowest BCUT2D eigenvalue weighted by Crippen LogP contribution is -2.49. The van der Waals surface area contributed by atoms with Crippen molar-refractivity contribution in [3.63, 3.8) is 0 Å². The van der Waals surface area contributed by atoms with E-state index in [2.05, 4.69) is 36.5 Å². The number of nitrogen functional groups attached to an aromatic ring is 1. The number of esters is 1. The van der Waals surface area contributed by atoms with E-state index in [1.54, 1.807) is 81.4 Å². The summed E-state index contributed by atoms with van der Waals surface area (Å²) in [5.41, 5.74) is 8.21. The Morgan fingerprint density at radius 2 is 1.74 bits per heavy atom. The van der Waals surface area contributed by atoms with Gasteiger partial charge in [-0.2, -0.15) is 4.68 Å². The number of aromatic amines is 1. The van der Waals surface area contributed by atoms with Crippen molar-refractivity contribution in [1.82, 2.24) is 30.5 Å². The molecular formula is C31H30ClN9O5. The Morgan fingerprint density at radius 3 is 2.43 bits per heavy atom. The van der Waals surface area contributed by atoms with Gasteiger partial charge in [0.2, 0.25) is 5.91 Å². The Labute approximate surface area is 267 Å². The molecule has 0 radical (unpaired) electrons. The van der Waals surface area contributed by atoms with Gasteiger partial charge < -0.3 is 31.4 Å². The molecule has 5 aromatic rings.